The number of carbonyl (C=O) groups is 1. The van der Waals surface area contributed by atoms with E-state index in [0.717, 1.165) is 42.9 Å². The lowest BCUT2D eigenvalue weighted by Gasteiger charge is -2.22. The Balaban J connectivity index is 1.64. The number of methoxy groups -OCH3 is 1. The normalized spacial score (nSPS) is 15.9. The van der Waals surface area contributed by atoms with Crippen molar-refractivity contribution in [3.8, 4) is 6.07 Å². The Hall–Kier alpha value is -2.46. The first kappa shape index (κ1) is 18.9. The standard InChI is InChI=1S/C21H23N3O3S/c1-26-21(25)18-9-8-14(27-18)13-28-20-17(12-22)15-6-2-3-7-16(15)19(23-20)24-10-4-5-11-24/h8-9H,2-7,10-11,13H2,1H3/p+1. The van der Waals surface area contributed by atoms with Crippen LogP contribution in [0.1, 0.15) is 58.7 Å². The Bertz CT molecular complexity index is 926. The van der Waals surface area contributed by atoms with Crippen LogP contribution < -0.4 is 9.88 Å². The molecular formula is C21H24N3O3S+. The van der Waals surface area contributed by atoms with Crippen LogP contribution in [0, 0.1) is 11.3 Å². The van der Waals surface area contributed by atoms with Crippen LogP contribution in [0.2, 0.25) is 0 Å². The number of carbonyl (C=O) groups excluding carboxylic acids is 1. The summed E-state index contributed by atoms with van der Waals surface area (Å²) in [6.07, 6.45) is 6.76. The van der Waals surface area contributed by atoms with Crippen LogP contribution in [0.15, 0.2) is 21.6 Å². The van der Waals surface area contributed by atoms with Gasteiger partial charge in [-0.2, -0.15) is 5.26 Å². The molecule has 4 rings (SSSR count). The maximum Gasteiger partial charge on any atom is 0.373 e. The quantitative estimate of drug-likeness (QED) is 0.566. The molecule has 1 aliphatic carbocycles. The number of nitrogens with zero attached hydrogens (tertiary/aromatic N) is 2. The molecule has 0 unspecified atom stereocenters. The fourth-order valence-electron chi connectivity index (χ4n) is 4.07. The summed E-state index contributed by atoms with van der Waals surface area (Å²) < 4.78 is 10.3. The highest BCUT2D eigenvalue weighted by molar-refractivity contribution is 7.98. The minimum absolute atomic E-state index is 0.200. The van der Waals surface area contributed by atoms with Gasteiger partial charge in [0.1, 0.15) is 17.4 Å². The van der Waals surface area contributed by atoms with Gasteiger partial charge >= 0.3 is 5.97 Å². The third-order valence-electron chi connectivity index (χ3n) is 5.46. The van der Waals surface area contributed by atoms with Crippen molar-refractivity contribution in [1.29, 1.82) is 5.26 Å². The zero-order valence-corrected chi connectivity index (χ0v) is 16.9. The van der Waals surface area contributed by atoms with E-state index in [1.54, 1.807) is 23.9 Å². The summed E-state index contributed by atoms with van der Waals surface area (Å²) in [7, 11) is 1.33. The average molecular weight is 399 g/mol. The van der Waals surface area contributed by atoms with Crippen molar-refractivity contribution in [2.24, 2.45) is 0 Å². The molecule has 1 aliphatic heterocycles. The van der Waals surface area contributed by atoms with Gasteiger partial charge in [0.05, 0.1) is 26.0 Å². The molecule has 3 heterocycles. The van der Waals surface area contributed by atoms with Crippen LogP contribution in [0.4, 0.5) is 5.82 Å². The number of anilines is 1. The monoisotopic (exact) mass is 398 g/mol. The van der Waals surface area contributed by atoms with Gasteiger partial charge in [-0.25, -0.2) is 9.78 Å². The summed E-state index contributed by atoms with van der Waals surface area (Å²) in [4.78, 5) is 17.6. The number of furan rings is 1. The van der Waals surface area contributed by atoms with Gasteiger partial charge in [0.25, 0.3) is 5.82 Å². The van der Waals surface area contributed by atoms with E-state index >= 15 is 0 Å². The number of ether oxygens (including phenoxy) is 1. The first-order valence-corrected chi connectivity index (χ1v) is 10.8. The van der Waals surface area contributed by atoms with Crippen molar-refractivity contribution in [2.75, 3.05) is 25.1 Å². The molecule has 1 fully saturated rings. The van der Waals surface area contributed by atoms with E-state index in [1.165, 1.54) is 43.3 Å². The van der Waals surface area contributed by atoms with E-state index in [1.807, 2.05) is 0 Å². The lowest BCUT2D eigenvalue weighted by Crippen LogP contribution is -2.31. The number of H-pyrrole nitrogens is 1. The molecule has 0 aromatic carbocycles. The first-order chi connectivity index (χ1) is 13.7. The number of aromatic amines is 1. The topological polar surface area (TPSA) is 80.6 Å². The number of aromatic nitrogens is 1. The zero-order valence-electron chi connectivity index (χ0n) is 16.0. The molecule has 146 valence electrons. The van der Waals surface area contributed by atoms with Crippen LogP contribution >= 0.6 is 11.8 Å². The van der Waals surface area contributed by atoms with Gasteiger partial charge in [-0.1, -0.05) is 11.8 Å². The minimum atomic E-state index is -0.481. The van der Waals surface area contributed by atoms with Crippen molar-refractivity contribution in [3.05, 3.63) is 40.3 Å². The second-order valence-electron chi connectivity index (χ2n) is 7.19. The number of fused-ring (bicyclic) bond motifs is 1. The number of nitrogens with one attached hydrogen (secondary N) is 1. The van der Waals surface area contributed by atoms with Crippen LogP contribution in [-0.4, -0.2) is 26.2 Å². The molecular weight excluding hydrogens is 374 g/mol. The zero-order chi connectivity index (χ0) is 19.5. The average Bonchev–Trinajstić information content (AvgIpc) is 3.43. The second-order valence-corrected chi connectivity index (χ2v) is 8.18. The van der Waals surface area contributed by atoms with Crippen LogP contribution in [0.3, 0.4) is 0 Å². The van der Waals surface area contributed by atoms with E-state index < -0.39 is 5.97 Å². The highest BCUT2D eigenvalue weighted by Gasteiger charge is 2.31. The number of hydrogen-bond donors (Lipinski definition) is 0. The molecule has 0 radical (unpaired) electrons. The van der Waals surface area contributed by atoms with Gasteiger partial charge in [-0.05, 0) is 56.2 Å². The molecule has 1 N–H and O–H groups in total. The molecule has 2 aromatic heterocycles. The van der Waals surface area contributed by atoms with E-state index in [2.05, 4.69) is 20.7 Å². The van der Waals surface area contributed by atoms with Crippen molar-refractivity contribution in [1.82, 2.24) is 0 Å². The van der Waals surface area contributed by atoms with Gasteiger partial charge in [0.15, 0.2) is 5.03 Å². The number of rotatable bonds is 5. The van der Waals surface area contributed by atoms with Crippen molar-refractivity contribution in [3.63, 3.8) is 0 Å². The SMILES string of the molecule is COC(=O)c1ccc(CSc2[nH+]c(N3CCCC3)c3c(c2C#N)CCCC3)o1. The Morgan fingerprint density at radius 3 is 2.71 bits per heavy atom. The molecule has 2 aromatic rings. The third kappa shape index (κ3) is 3.61. The van der Waals surface area contributed by atoms with E-state index in [9.17, 15) is 10.1 Å². The van der Waals surface area contributed by atoms with E-state index in [0.29, 0.717) is 11.5 Å². The largest absolute Gasteiger partial charge is 0.463 e. The predicted molar refractivity (Wildman–Crippen MR) is 105 cm³/mol. The van der Waals surface area contributed by atoms with Crippen LogP contribution in [-0.2, 0) is 23.3 Å². The van der Waals surface area contributed by atoms with Crippen molar-refractivity contribution in [2.45, 2.75) is 49.3 Å². The van der Waals surface area contributed by atoms with Gasteiger partial charge in [0.2, 0.25) is 5.76 Å². The number of nitriles is 1. The molecule has 7 heteroatoms. The molecule has 0 spiro atoms. The Morgan fingerprint density at radius 1 is 1.25 bits per heavy atom. The highest BCUT2D eigenvalue weighted by atomic mass is 32.2. The molecule has 0 atom stereocenters. The Kier molecular flexibility index (Phi) is 5.58. The molecule has 0 saturated carbocycles. The highest BCUT2D eigenvalue weighted by Crippen LogP contribution is 2.35. The summed E-state index contributed by atoms with van der Waals surface area (Å²) in [5.41, 5.74) is 3.31. The summed E-state index contributed by atoms with van der Waals surface area (Å²) in [5.74, 6) is 2.14. The van der Waals surface area contributed by atoms with Gasteiger partial charge < -0.3 is 9.15 Å². The molecule has 0 amide bonds. The summed E-state index contributed by atoms with van der Waals surface area (Å²) in [6.45, 7) is 2.14. The predicted octanol–water partition coefficient (Wildman–Crippen LogP) is 3.52. The Labute approximate surface area is 168 Å². The fraction of sp³-hybridized carbons (Fsp3) is 0.476. The number of hydrogen-bond acceptors (Lipinski definition) is 6. The van der Waals surface area contributed by atoms with Crippen LogP contribution in [0.5, 0.6) is 0 Å². The third-order valence-corrected chi connectivity index (χ3v) is 6.48. The molecule has 1 saturated heterocycles. The van der Waals surface area contributed by atoms with E-state index in [-0.39, 0.29) is 5.76 Å². The van der Waals surface area contributed by atoms with Crippen molar-refractivity contribution >= 4 is 23.5 Å². The van der Waals surface area contributed by atoms with Gasteiger partial charge in [-0.3, -0.25) is 4.90 Å². The number of esters is 1. The van der Waals surface area contributed by atoms with Gasteiger partial charge in [-0.15, -0.1) is 0 Å². The maximum atomic E-state index is 11.6. The lowest BCUT2D eigenvalue weighted by atomic mass is 9.89. The fourth-order valence-corrected chi connectivity index (χ4v) is 5.00. The first-order valence-electron chi connectivity index (χ1n) is 9.77. The van der Waals surface area contributed by atoms with Crippen molar-refractivity contribution < 1.29 is 18.9 Å². The number of pyridine rings is 1. The van der Waals surface area contributed by atoms with Crippen LogP contribution in [0.25, 0.3) is 0 Å². The van der Waals surface area contributed by atoms with E-state index in [4.69, 9.17) is 4.42 Å². The molecule has 6 nitrogen and oxygen atoms in total. The van der Waals surface area contributed by atoms with Gasteiger partial charge in [0, 0.05) is 5.56 Å². The number of thioether (sulfide) groups is 1. The summed E-state index contributed by atoms with van der Waals surface area (Å²) >= 11 is 1.55. The maximum absolute atomic E-state index is 11.6. The summed E-state index contributed by atoms with van der Waals surface area (Å²) in [5, 5.41) is 10.7. The smallest absolute Gasteiger partial charge is 0.373 e. The molecule has 2 aliphatic rings. The minimum Gasteiger partial charge on any atom is -0.463 e. The Morgan fingerprint density at radius 2 is 2.00 bits per heavy atom. The molecule has 28 heavy (non-hydrogen) atoms. The summed E-state index contributed by atoms with van der Waals surface area (Å²) in [6, 6.07) is 5.84. The second kappa shape index (κ2) is 8.27. The molecule has 0 bridgehead atoms. The lowest BCUT2D eigenvalue weighted by molar-refractivity contribution is -0.414.